The Kier molecular flexibility index (Phi) is 5.35. The van der Waals surface area contributed by atoms with Crippen molar-refractivity contribution in [2.45, 2.75) is 0 Å². The van der Waals surface area contributed by atoms with Gasteiger partial charge in [-0.25, -0.2) is 0 Å². The Morgan fingerprint density at radius 3 is 2.08 bits per heavy atom. The van der Waals surface area contributed by atoms with E-state index in [-0.39, 0.29) is 0 Å². The Bertz CT molecular complexity index is 2160. The van der Waals surface area contributed by atoms with E-state index in [9.17, 15) is 0 Å². The molecule has 0 aliphatic rings. The van der Waals surface area contributed by atoms with E-state index in [0.29, 0.717) is 0 Å². The highest BCUT2D eigenvalue weighted by molar-refractivity contribution is 7.25. The molecule has 0 aliphatic carbocycles. The summed E-state index contributed by atoms with van der Waals surface area (Å²) in [5.74, 6) is 0. The first-order valence-electron chi connectivity index (χ1n) is 13.5. The predicted octanol–water partition coefficient (Wildman–Crippen LogP) is 10.9. The first-order valence-corrected chi connectivity index (χ1v) is 14.3. The molecule has 188 valence electrons. The second-order valence-electron chi connectivity index (χ2n) is 10.0. The van der Waals surface area contributed by atoms with Gasteiger partial charge in [0.05, 0.1) is 11.4 Å². The smallest absolute Gasteiger partial charge is 0.0555 e. The summed E-state index contributed by atoms with van der Waals surface area (Å²) in [6, 6.07) is 48.1. The van der Waals surface area contributed by atoms with E-state index in [0.717, 1.165) is 17.1 Å². The van der Waals surface area contributed by atoms with E-state index in [1.807, 2.05) is 23.7 Å². The first kappa shape index (κ1) is 22.9. The molecule has 2 heterocycles. The Balaban J connectivity index is 1.45. The number of benzene rings is 6. The van der Waals surface area contributed by atoms with Crippen LogP contribution in [0.1, 0.15) is 0 Å². The highest BCUT2D eigenvalue weighted by Crippen LogP contribution is 2.47. The molecule has 0 atom stereocenters. The summed E-state index contributed by atoms with van der Waals surface area (Å²) in [6.07, 6.45) is 3.89. The molecular formula is C37H24N2S. The topological polar surface area (TPSA) is 16.1 Å². The predicted molar refractivity (Wildman–Crippen MR) is 172 cm³/mol. The van der Waals surface area contributed by atoms with Crippen LogP contribution in [-0.4, -0.2) is 4.98 Å². The molecule has 0 amide bonds. The average Bonchev–Trinajstić information content (AvgIpc) is 3.41. The third-order valence-corrected chi connectivity index (χ3v) is 8.87. The maximum absolute atomic E-state index is 4.51. The molecule has 0 spiro atoms. The number of pyridine rings is 1. The first-order chi connectivity index (χ1) is 19.8. The molecule has 2 nitrogen and oxygen atoms in total. The van der Waals surface area contributed by atoms with Crippen molar-refractivity contribution < 1.29 is 0 Å². The third kappa shape index (κ3) is 3.67. The summed E-state index contributed by atoms with van der Waals surface area (Å²) in [6.45, 7) is 0. The molecule has 0 fully saturated rings. The van der Waals surface area contributed by atoms with Gasteiger partial charge < -0.3 is 4.90 Å². The van der Waals surface area contributed by atoms with Crippen molar-refractivity contribution in [1.29, 1.82) is 0 Å². The summed E-state index contributed by atoms with van der Waals surface area (Å²) in [7, 11) is 0. The number of rotatable bonds is 4. The number of hydrogen-bond donors (Lipinski definition) is 0. The van der Waals surface area contributed by atoms with Crippen molar-refractivity contribution in [3.05, 3.63) is 146 Å². The van der Waals surface area contributed by atoms with Gasteiger partial charge in [-0.15, -0.1) is 11.3 Å². The zero-order valence-corrected chi connectivity index (χ0v) is 22.5. The number of nitrogens with zero attached hydrogens (tertiary/aromatic N) is 2. The van der Waals surface area contributed by atoms with Crippen molar-refractivity contribution in [2.24, 2.45) is 0 Å². The van der Waals surface area contributed by atoms with Gasteiger partial charge in [0.15, 0.2) is 0 Å². The van der Waals surface area contributed by atoms with Crippen LogP contribution < -0.4 is 4.90 Å². The van der Waals surface area contributed by atoms with Gasteiger partial charge in [-0.3, -0.25) is 4.98 Å². The highest BCUT2D eigenvalue weighted by Gasteiger charge is 2.21. The molecule has 0 radical (unpaired) electrons. The molecule has 0 N–H and O–H groups in total. The quantitative estimate of drug-likeness (QED) is 0.211. The lowest BCUT2D eigenvalue weighted by Gasteiger charge is -2.28. The molecule has 0 bridgehead atoms. The van der Waals surface area contributed by atoms with Crippen LogP contribution in [0.25, 0.3) is 52.8 Å². The van der Waals surface area contributed by atoms with E-state index >= 15 is 0 Å². The van der Waals surface area contributed by atoms with Crippen LogP contribution in [0.4, 0.5) is 17.1 Å². The molecule has 0 saturated carbocycles. The number of aromatic nitrogens is 1. The lowest BCUT2D eigenvalue weighted by atomic mass is 9.98. The Morgan fingerprint density at radius 2 is 1.23 bits per heavy atom. The lowest BCUT2D eigenvalue weighted by Crippen LogP contribution is -2.11. The van der Waals surface area contributed by atoms with Crippen molar-refractivity contribution >= 4 is 70.1 Å². The summed E-state index contributed by atoms with van der Waals surface area (Å²) in [5, 5.41) is 7.40. The molecule has 0 saturated heterocycles. The molecular weight excluding hydrogens is 504 g/mol. The summed E-state index contributed by atoms with van der Waals surface area (Å²) >= 11 is 1.82. The van der Waals surface area contributed by atoms with Crippen LogP contribution in [0.5, 0.6) is 0 Å². The van der Waals surface area contributed by atoms with Gasteiger partial charge in [-0.1, -0.05) is 97.1 Å². The molecule has 3 heteroatoms. The fraction of sp³-hybridized carbons (Fsp3) is 0. The van der Waals surface area contributed by atoms with Gasteiger partial charge in [0, 0.05) is 43.6 Å². The second-order valence-corrected chi connectivity index (χ2v) is 11.1. The van der Waals surface area contributed by atoms with Crippen molar-refractivity contribution in [2.75, 3.05) is 4.90 Å². The van der Waals surface area contributed by atoms with Crippen molar-refractivity contribution in [3.8, 4) is 11.1 Å². The summed E-state index contributed by atoms with van der Waals surface area (Å²) < 4.78 is 2.51. The van der Waals surface area contributed by atoms with Gasteiger partial charge in [-0.2, -0.15) is 0 Å². The Morgan fingerprint density at radius 1 is 0.500 bits per heavy atom. The fourth-order valence-electron chi connectivity index (χ4n) is 5.90. The number of fused-ring (bicyclic) bond motifs is 6. The third-order valence-electron chi connectivity index (χ3n) is 7.74. The molecule has 8 rings (SSSR count). The van der Waals surface area contributed by atoms with Crippen LogP contribution in [0, 0.1) is 0 Å². The summed E-state index contributed by atoms with van der Waals surface area (Å²) in [4.78, 5) is 6.94. The maximum atomic E-state index is 4.51. The van der Waals surface area contributed by atoms with Gasteiger partial charge in [0.2, 0.25) is 0 Å². The van der Waals surface area contributed by atoms with E-state index in [4.69, 9.17) is 0 Å². The molecule has 6 aromatic carbocycles. The molecule has 2 aromatic heterocycles. The average molecular weight is 529 g/mol. The van der Waals surface area contributed by atoms with Crippen LogP contribution >= 0.6 is 11.3 Å². The monoisotopic (exact) mass is 528 g/mol. The standard InChI is InChI=1S/C37H24N2S/c1-2-9-25(10-3-1)26-17-19-28(20-18-26)39(33-15-8-16-36-37(33)32-24-38-22-21-35(32)40-36)34-23-27-11-4-5-12-29(27)30-13-6-7-14-31(30)34/h1-24H. The number of hydrogen-bond acceptors (Lipinski definition) is 3. The van der Waals surface area contributed by atoms with Gasteiger partial charge >= 0.3 is 0 Å². The summed E-state index contributed by atoms with van der Waals surface area (Å²) in [5.41, 5.74) is 5.86. The normalized spacial score (nSPS) is 11.5. The minimum absolute atomic E-state index is 1.12. The highest BCUT2D eigenvalue weighted by atomic mass is 32.1. The largest absolute Gasteiger partial charge is 0.309 e. The van der Waals surface area contributed by atoms with E-state index in [2.05, 4.69) is 143 Å². The molecule has 8 aromatic rings. The molecule has 0 aliphatic heterocycles. The maximum Gasteiger partial charge on any atom is 0.0555 e. The van der Waals surface area contributed by atoms with Crippen molar-refractivity contribution in [3.63, 3.8) is 0 Å². The Labute approximate surface area is 236 Å². The van der Waals surface area contributed by atoms with Gasteiger partial charge in [0.25, 0.3) is 0 Å². The number of anilines is 3. The molecule has 0 unspecified atom stereocenters. The van der Waals surface area contributed by atoms with E-state index in [1.54, 1.807) is 0 Å². The second kappa shape index (κ2) is 9.33. The van der Waals surface area contributed by atoms with Crippen LogP contribution in [0.2, 0.25) is 0 Å². The van der Waals surface area contributed by atoms with Crippen LogP contribution in [-0.2, 0) is 0 Å². The van der Waals surface area contributed by atoms with Gasteiger partial charge in [0.1, 0.15) is 0 Å². The fourth-order valence-corrected chi connectivity index (χ4v) is 6.99. The lowest BCUT2D eigenvalue weighted by molar-refractivity contribution is 1.32. The SMILES string of the molecule is c1ccc(-c2ccc(N(c3cc4ccccc4c4ccccc34)c3cccc4sc5ccncc5c34)cc2)cc1. The minimum Gasteiger partial charge on any atom is -0.309 e. The Hall–Kier alpha value is -4.99. The van der Waals surface area contributed by atoms with E-state index in [1.165, 1.54) is 52.8 Å². The van der Waals surface area contributed by atoms with Crippen LogP contribution in [0.15, 0.2) is 146 Å². The minimum atomic E-state index is 1.12. The van der Waals surface area contributed by atoms with Crippen LogP contribution in [0.3, 0.4) is 0 Å². The van der Waals surface area contributed by atoms with E-state index < -0.39 is 0 Å². The molecule has 40 heavy (non-hydrogen) atoms. The van der Waals surface area contributed by atoms with Crippen molar-refractivity contribution in [1.82, 2.24) is 4.98 Å². The van der Waals surface area contributed by atoms with Gasteiger partial charge in [-0.05, 0) is 63.7 Å². The zero-order chi connectivity index (χ0) is 26.5. The number of thiophene rings is 1. The zero-order valence-electron chi connectivity index (χ0n) is 21.7.